The van der Waals surface area contributed by atoms with E-state index in [0.717, 1.165) is 0 Å². The third-order valence-corrected chi connectivity index (χ3v) is 4.97. The highest BCUT2D eigenvalue weighted by molar-refractivity contribution is 4.96. The molecule has 2 fully saturated rings. The molecule has 0 bridgehead atoms. The van der Waals surface area contributed by atoms with Crippen LogP contribution in [0.5, 0.6) is 0 Å². The zero-order valence-electron chi connectivity index (χ0n) is 10.3. The summed E-state index contributed by atoms with van der Waals surface area (Å²) in [5.41, 5.74) is 6.80. The fourth-order valence-electron chi connectivity index (χ4n) is 3.50. The zero-order valence-corrected chi connectivity index (χ0v) is 10.3. The van der Waals surface area contributed by atoms with Gasteiger partial charge in [0.1, 0.15) is 0 Å². The highest BCUT2D eigenvalue weighted by Gasteiger charge is 2.40. The molecule has 1 aliphatic heterocycles. The van der Waals surface area contributed by atoms with Crippen LogP contribution < -0.4 is 5.73 Å². The first kappa shape index (κ1) is 11.4. The Morgan fingerprint density at radius 2 is 2.00 bits per heavy atom. The Morgan fingerprint density at radius 1 is 1.27 bits per heavy atom. The van der Waals surface area contributed by atoms with Crippen molar-refractivity contribution >= 4 is 0 Å². The molecular formula is C13H26N2. The van der Waals surface area contributed by atoms with Gasteiger partial charge in [-0.1, -0.05) is 20.3 Å². The lowest BCUT2D eigenvalue weighted by Crippen LogP contribution is -2.44. The maximum absolute atomic E-state index is 6.19. The molecule has 15 heavy (non-hydrogen) atoms. The van der Waals surface area contributed by atoms with Gasteiger partial charge in [-0.15, -0.1) is 0 Å². The summed E-state index contributed by atoms with van der Waals surface area (Å²) in [6, 6.07) is 1.15. The molecule has 1 saturated heterocycles. The van der Waals surface area contributed by atoms with Gasteiger partial charge in [0.15, 0.2) is 0 Å². The van der Waals surface area contributed by atoms with E-state index in [1.54, 1.807) is 0 Å². The molecule has 1 heterocycles. The first-order valence-corrected chi connectivity index (χ1v) is 6.70. The summed E-state index contributed by atoms with van der Waals surface area (Å²) in [5.74, 6) is 0. The summed E-state index contributed by atoms with van der Waals surface area (Å²) < 4.78 is 0. The molecule has 2 heteroatoms. The van der Waals surface area contributed by atoms with Crippen LogP contribution in [0.15, 0.2) is 0 Å². The van der Waals surface area contributed by atoms with Crippen LogP contribution in [0.4, 0.5) is 0 Å². The maximum atomic E-state index is 6.19. The van der Waals surface area contributed by atoms with Crippen molar-refractivity contribution in [1.29, 1.82) is 0 Å². The van der Waals surface area contributed by atoms with E-state index in [-0.39, 0.29) is 0 Å². The van der Waals surface area contributed by atoms with E-state index in [1.807, 2.05) is 0 Å². The predicted octanol–water partition coefficient (Wildman–Crippen LogP) is 2.38. The summed E-state index contributed by atoms with van der Waals surface area (Å²) in [4.78, 5) is 2.69. The molecule has 0 aromatic carbocycles. The van der Waals surface area contributed by atoms with Crippen molar-refractivity contribution in [2.24, 2.45) is 11.1 Å². The Balaban J connectivity index is 1.97. The summed E-state index contributed by atoms with van der Waals surface area (Å²) in [6.45, 7) is 7.29. The van der Waals surface area contributed by atoms with Gasteiger partial charge in [-0.25, -0.2) is 0 Å². The average molecular weight is 210 g/mol. The van der Waals surface area contributed by atoms with Crippen molar-refractivity contribution in [3.63, 3.8) is 0 Å². The summed E-state index contributed by atoms with van der Waals surface area (Å²) >= 11 is 0. The predicted molar refractivity (Wildman–Crippen MR) is 64.8 cm³/mol. The lowest BCUT2D eigenvalue weighted by Gasteiger charge is -2.31. The summed E-state index contributed by atoms with van der Waals surface area (Å²) in [5, 5.41) is 0. The SMILES string of the molecule is CCC1(CC)CCN(C2CCCC2N)C1. The van der Waals surface area contributed by atoms with Crippen molar-refractivity contribution in [3.05, 3.63) is 0 Å². The molecule has 2 rings (SSSR count). The lowest BCUT2D eigenvalue weighted by molar-refractivity contribution is 0.185. The monoisotopic (exact) mass is 210 g/mol. The molecule has 2 N–H and O–H groups in total. The van der Waals surface area contributed by atoms with Gasteiger partial charge in [0.05, 0.1) is 0 Å². The van der Waals surface area contributed by atoms with Gasteiger partial charge in [0, 0.05) is 18.6 Å². The number of rotatable bonds is 3. The molecule has 0 aromatic rings. The standard InChI is InChI=1S/C13H26N2/c1-3-13(4-2)8-9-15(10-13)12-7-5-6-11(12)14/h11-12H,3-10,14H2,1-2H3. The Hall–Kier alpha value is -0.0800. The maximum Gasteiger partial charge on any atom is 0.0247 e. The van der Waals surface area contributed by atoms with Crippen LogP contribution in [0, 0.1) is 5.41 Å². The quantitative estimate of drug-likeness (QED) is 0.775. The van der Waals surface area contributed by atoms with Gasteiger partial charge in [-0.3, -0.25) is 4.90 Å². The van der Waals surface area contributed by atoms with Crippen LogP contribution in [0.25, 0.3) is 0 Å². The number of hydrogen-bond donors (Lipinski definition) is 1. The van der Waals surface area contributed by atoms with Crippen LogP contribution in [0.3, 0.4) is 0 Å². The minimum absolute atomic E-state index is 0.453. The zero-order chi connectivity index (χ0) is 10.9. The fourth-order valence-corrected chi connectivity index (χ4v) is 3.50. The van der Waals surface area contributed by atoms with E-state index in [2.05, 4.69) is 18.7 Å². The number of nitrogens with zero attached hydrogens (tertiary/aromatic N) is 1. The molecule has 2 aliphatic rings. The molecular weight excluding hydrogens is 184 g/mol. The lowest BCUT2D eigenvalue weighted by atomic mass is 9.82. The molecule has 1 aliphatic carbocycles. The third kappa shape index (κ3) is 2.07. The largest absolute Gasteiger partial charge is 0.326 e. The summed E-state index contributed by atoms with van der Waals surface area (Å²) in [6.07, 6.45) is 7.98. The molecule has 88 valence electrons. The van der Waals surface area contributed by atoms with Crippen molar-refractivity contribution < 1.29 is 0 Å². The van der Waals surface area contributed by atoms with Gasteiger partial charge in [-0.2, -0.15) is 0 Å². The smallest absolute Gasteiger partial charge is 0.0247 e. The Kier molecular flexibility index (Phi) is 3.36. The number of likely N-dealkylation sites (tertiary alicyclic amines) is 1. The van der Waals surface area contributed by atoms with Crippen LogP contribution in [-0.2, 0) is 0 Å². The Morgan fingerprint density at radius 3 is 2.47 bits per heavy atom. The second-order valence-electron chi connectivity index (χ2n) is 5.59. The molecule has 2 atom stereocenters. The molecule has 0 amide bonds. The Bertz CT molecular complexity index is 211. The second kappa shape index (κ2) is 4.42. The Labute approximate surface area is 94.2 Å². The van der Waals surface area contributed by atoms with Gasteiger partial charge in [-0.05, 0) is 44.1 Å². The van der Waals surface area contributed by atoms with Gasteiger partial charge in [0.2, 0.25) is 0 Å². The van der Waals surface area contributed by atoms with Crippen molar-refractivity contribution in [2.45, 2.75) is 64.5 Å². The van der Waals surface area contributed by atoms with E-state index in [9.17, 15) is 0 Å². The van der Waals surface area contributed by atoms with Gasteiger partial charge < -0.3 is 5.73 Å². The molecule has 2 nitrogen and oxygen atoms in total. The molecule has 0 aromatic heterocycles. The number of hydrogen-bond acceptors (Lipinski definition) is 2. The minimum Gasteiger partial charge on any atom is -0.326 e. The first-order valence-electron chi connectivity index (χ1n) is 6.70. The highest BCUT2D eigenvalue weighted by atomic mass is 15.2. The van der Waals surface area contributed by atoms with E-state index in [4.69, 9.17) is 5.73 Å². The van der Waals surface area contributed by atoms with Crippen LogP contribution in [0.1, 0.15) is 52.4 Å². The molecule has 2 unspecified atom stereocenters. The molecule has 1 saturated carbocycles. The molecule has 0 radical (unpaired) electrons. The van der Waals surface area contributed by atoms with E-state index >= 15 is 0 Å². The van der Waals surface area contributed by atoms with E-state index in [0.29, 0.717) is 17.5 Å². The van der Waals surface area contributed by atoms with Crippen LogP contribution >= 0.6 is 0 Å². The topological polar surface area (TPSA) is 29.3 Å². The van der Waals surface area contributed by atoms with E-state index in [1.165, 1.54) is 51.6 Å². The van der Waals surface area contributed by atoms with Crippen LogP contribution in [0.2, 0.25) is 0 Å². The highest BCUT2D eigenvalue weighted by Crippen LogP contribution is 2.39. The van der Waals surface area contributed by atoms with Crippen molar-refractivity contribution in [3.8, 4) is 0 Å². The fraction of sp³-hybridized carbons (Fsp3) is 1.00. The van der Waals surface area contributed by atoms with Gasteiger partial charge >= 0.3 is 0 Å². The van der Waals surface area contributed by atoms with E-state index < -0.39 is 0 Å². The minimum atomic E-state index is 0.453. The van der Waals surface area contributed by atoms with Crippen molar-refractivity contribution in [2.75, 3.05) is 13.1 Å². The second-order valence-corrected chi connectivity index (χ2v) is 5.59. The van der Waals surface area contributed by atoms with Crippen molar-refractivity contribution in [1.82, 2.24) is 4.90 Å². The average Bonchev–Trinajstić information content (AvgIpc) is 2.84. The first-order chi connectivity index (χ1) is 7.21. The summed E-state index contributed by atoms with van der Waals surface area (Å²) in [7, 11) is 0. The third-order valence-electron chi connectivity index (χ3n) is 4.97. The molecule has 0 spiro atoms. The number of nitrogens with two attached hydrogens (primary N) is 1. The normalized spacial score (nSPS) is 36.2. The van der Waals surface area contributed by atoms with Gasteiger partial charge in [0.25, 0.3) is 0 Å². The van der Waals surface area contributed by atoms with Crippen LogP contribution in [-0.4, -0.2) is 30.1 Å².